The van der Waals surface area contributed by atoms with Crippen LogP contribution >= 0.6 is 34.5 Å². The first-order valence-electron chi connectivity index (χ1n) is 5.40. The van der Waals surface area contributed by atoms with E-state index in [9.17, 15) is 4.79 Å². The van der Waals surface area contributed by atoms with Gasteiger partial charge < -0.3 is 0 Å². The molecule has 0 saturated heterocycles. The van der Waals surface area contributed by atoms with Crippen LogP contribution in [-0.2, 0) is 4.79 Å². The summed E-state index contributed by atoms with van der Waals surface area (Å²) in [4.78, 5) is 15.8. The van der Waals surface area contributed by atoms with Crippen molar-refractivity contribution in [2.75, 3.05) is 5.32 Å². The van der Waals surface area contributed by atoms with E-state index < -0.39 is 0 Å². The number of thiazole rings is 1. The first kappa shape index (κ1) is 14.1. The zero-order valence-corrected chi connectivity index (χ0v) is 12.3. The number of amides is 1. The van der Waals surface area contributed by atoms with Crippen molar-refractivity contribution in [1.29, 1.82) is 0 Å². The van der Waals surface area contributed by atoms with E-state index in [0.29, 0.717) is 15.2 Å². The van der Waals surface area contributed by atoms with Crippen molar-refractivity contribution in [3.8, 4) is 0 Å². The highest BCUT2D eigenvalue weighted by Gasteiger charge is 2.02. The number of aryl methyl sites for hydroxylation is 1. The van der Waals surface area contributed by atoms with Gasteiger partial charge in [-0.15, -0.1) is 11.3 Å². The molecule has 0 aliphatic heterocycles. The average Bonchev–Trinajstić information content (AvgIpc) is 2.71. The molecule has 0 saturated carbocycles. The normalized spacial score (nSPS) is 10.9. The Morgan fingerprint density at radius 1 is 1.32 bits per heavy atom. The van der Waals surface area contributed by atoms with Crippen molar-refractivity contribution in [2.24, 2.45) is 0 Å². The maximum atomic E-state index is 11.7. The highest BCUT2D eigenvalue weighted by atomic mass is 35.5. The van der Waals surface area contributed by atoms with Gasteiger partial charge in [-0.1, -0.05) is 23.2 Å². The topological polar surface area (TPSA) is 42.0 Å². The van der Waals surface area contributed by atoms with Crippen LogP contribution in [0.2, 0.25) is 10.0 Å². The smallest absolute Gasteiger partial charge is 0.250 e. The van der Waals surface area contributed by atoms with Gasteiger partial charge in [-0.3, -0.25) is 10.1 Å². The predicted molar refractivity (Wildman–Crippen MR) is 81.0 cm³/mol. The number of carbonyl (C=O) groups excluding carboxylic acids is 1. The molecule has 1 N–H and O–H groups in total. The monoisotopic (exact) mass is 312 g/mol. The van der Waals surface area contributed by atoms with Crippen LogP contribution in [-0.4, -0.2) is 10.9 Å². The molecule has 0 atom stereocenters. The van der Waals surface area contributed by atoms with Crippen molar-refractivity contribution < 1.29 is 4.79 Å². The maximum Gasteiger partial charge on any atom is 0.250 e. The molecule has 1 heterocycles. The number of carbonyl (C=O) groups is 1. The first-order valence-corrected chi connectivity index (χ1v) is 7.04. The lowest BCUT2D eigenvalue weighted by atomic mass is 10.2. The fourth-order valence-electron chi connectivity index (χ4n) is 1.40. The van der Waals surface area contributed by atoms with Crippen molar-refractivity contribution in [3.63, 3.8) is 0 Å². The van der Waals surface area contributed by atoms with Crippen LogP contribution in [0.15, 0.2) is 29.7 Å². The lowest BCUT2D eigenvalue weighted by Gasteiger charge is -1.98. The van der Waals surface area contributed by atoms with Gasteiger partial charge in [0.05, 0.1) is 5.69 Å². The Labute approximate surface area is 124 Å². The minimum absolute atomic E-state index is 0.245. The Morgan fingerprint density at radius 2 is 2.00 bits per heavy atom. The number of anilines is 1. The lowest BCUT2D eigenvalue weighted by Crippen LogP contribution is -2.07. The molecule has 1 aromatic heterocycles. The van der Waals surface area contributed by atoms with Gasteiger partial charge in [-0.05, 0) is 36.8 Å². The fourth-order valence-corrected chi connectivity index (χ4v) is 2.64. The van der Waals surface area contributed by atoms with Gasteiger partial charge in [0.15, 0.2) is 5.13 Å². The van der Waals surface area contributed by atoms with Gasteiger partial charge >= 0.3 is 0 Å². The first-order chi connectivity index (χ1) is 9.02. The number of nitrogens with one attached hydrogen (secondary N) is 1. The zero-order valence-electron chi connectivity index (χ0n) is 9.98. The minimum Gasteiger partial charge on any atom is -0.298 e. The molecular weight excluding hydrogens is 303 g/mol. The van der Waals surface area contributed by atoms with Crippen molar-refractivity contribution in [1.82, 2.24) is 4.98 Å². The second kappa shape index (κ2) is 6.19. The van der Waals surface area contributed by atoms with Gasteiger partial charge in [-0.2, -0.15) is 0 Å². The average molecular weight is 313 g/mol. The molecule has 1 aromatic carbocycles. The number of nitrogens with zero attached hydrogens (tertiary/aromatic N) is 1. The van der Waals surface area contributed by atoms with E-state index >= 15 is 0 Å². The molecule has 2 aromatic rings. The van der Waals surface area contributed by atoms with E-state index in [1.807, 2.05) is 12.3 Å². The van der Waals surface area contributed by atoms with E-state index in [1.165, 1.54) is 17.4 Å². The number of rotatable bonds is 3. The zero-order chi connectivity index (χ0) is 13.8. The molecule has 0 spiro atoms. The molecule has 0 aliphatic rings. The van der Waals surface area contributed by atoms with Crippen LogP contribution in [0.5, 0.6) is 0 Å². The summed E-state index contributed by atoms with van der Waals surface area (Å²) >= 11 is 13.1. The second-order valence-electron chi connectivity index (χ2n) is 3.82. The maximum absolute atomic E-state index is 11.7. The third-order valence-corrected chi connectivity index (χ3v) is 3.47. The Morgan fingerprint density at radius 3 is 2.58 bits per heavy atom. The van der Waals surface area contributed by atoms with Crippen LogP contribution < -0.4 is 5.32 Å². The molecule has 0 bridgehead atoms. The molecule has 3 nitrogen and oxygen atoms in total. The highest BCUT2D eigenvalue weighted by Crippen LogP contribution is 2.20. The van der Waals surface area contributed by atoms with Crippen LogP contribution in [0.4, 0.5) is 5.13 Å². The molecule has 0 radical (unpaired) electrons. The molecule has 0 fully saturated rings. The van der Waals surface area contributed by atoms with Crippen molar-refractivity contribution in [3.05, 3.63) is 51.0 Å². The van der Waals surface area contributed by atoms with E-state index in [2.05, 4.69) is 10.3 Å². The largest absolute Gasteiger partial charge is 0.298 e. The Hall–Kier alpha value is -1.36. The Bertz CT molecular complexity index is 617. The lowest BCUT2D eigenvalue weighted by molar-refractivity contribution is -0.111. The number of halogens is 2. The van der Waals surface area contributed by atoms with E-state index in [4.69, 9.17) is 23.2 Å². The van der Waals surface area contributed by atoms with Gasteiger partial charge in [0.1, 0.15) is 0 Å². The Balaban J connectivity index is 2.03. The second-order valence-corrected chi connectivity index (χ2v) is 5.55. The summed E-state index contributed by atoms with van der Waals surface area (Å²) in [6.45, 7) is 1.87. The number of hydrogen-bond acceptors (Lipinski definition) is 3. The van der Waals surface area contributed by atoms with E-state index in [0.717, 1.165) is 11.3 Å². The summed E-state index contributed by atoms with van der Waals surface area (Å²) in [5, 5.41) is 6.19. The fraction of sp³-hybridized carbons (Fsp3) is 0.0769. The summed E-state index contributed by atoms with van der Waals surface area (Å²) in [6, 6.07) is 5.09. The quantitative estimate of drug-likeness (QED) is 0.853. The summed E-state index contributed by atoms with van der Waals surface area (Å²) in [5.41, 5.74) is 1.65. The SMILES string of the molecule is Cc1csc(NC(=O)/C=C/c2cc(Cl)cc(Cl)c2)n1. The molecule has 2 rings (SSSR count). The summed E-state index contributed by atoms with van der Waals surface area (Å²) in [5.74, 6) is -0.245. The van der Waals surface area contributed by atoms with Gasteiger partial charge in [-0.25, -0.2) is 4.98 Å². The van der Waals surface area contributed by atoms with Crippen LogP contribution in [0.1, 0.15) is 11.3 Å². The molecular formula is C13H10Cl2N2OS. The standard InChI is InChI=1S/C13H10Cl2N2OS/c1-8-7-19-13(16-8)17-12(18)3-2-9-4-10(14)6-11(15)5-9/h2-7H,1H3,(H,16,17,18)/b3-2+. The third-order valence-electron chi connectivity index (χ3n) is 2.16. The number of benzene rings is 1. The molecule has 0 unspecified atom stereocenters. The van der Waals surface area contributed by atoms with Gasteiger partial charge in [0.2, 0.25) is 5.91 Å². The number of hydrogen-bond donors (Lipinski definition) is 1. The molecule has 98 valence electrons. The minimum atomic E-state index is -0.245. The van der Waals surface area contributed by atoms with E-state index in [1.54, 1.807) is 24.3 Å². The van der Waals surface area contributed by atoms with Gasteiger partial charge in [0, 0.05) is 21.5 Å². The Kier molecular flexibility index (Phi) is 4.58. The van der Waals surface area contributed by atoms with Crippen molar-refractivity contribution >= 4 is 51.7 Å². The molecule has 1 amide bonds. The molecule has 19 heavy (non-hydrogen) atoms. The molecule has 0 aliphatic carbocycles. The summed E-state index contributed by atoms with van der Waals surface area (Å²) < 4.78 is 0. The summed E-state index contributed by atoms with van der Waals surface area (Å²) in [7, 11) is 0. The highest BCUT2D eigenvalue weighted by molar-refractivity contribution is 7.13. The number of aromatic nitrogens is 1. The summed E-state index contributed by atoms with van der Waals surface area (Å²) in [6.07, 6.45) is 3.06. The van der Waals surface area contributed by atoms with Crippen LogP contribution in [0.3, 0.4) is 0 Å². The molecule has 6 heteroatoms. The van der Waals surface area contributed by atoms with Crippen LogP contribution in [0.25, 0.3) is 6.08 Å². The van der Waals surface area contributed by atoms with E-state index in [-0.39, 0.29) is 5.91 Å². The van der Waals surface area contributed by atoms with Crippen molar-refractivity contribution in [2.45, 2.75) is 6.92 Å². The van der Waals surface area contributed by atoms with Gasteiger partial charge in [0.25, 0.3) is 0 Å². The third kappa shape index (κ3) is 4.35. The van der Waals surface area contributed by atoms with Crippen LogP contribution in [0, 0.1) is 6.92 Å². The predicted octanol–water partition coefficient (Wildman–Crippen LogP) is 4.41.